The monoisotopic (exact) mass is 358 g/mol. The average molecular weight is 358 g/mol. The van der Waals surface area contributed by atoms with Crippen molar-refractivity contribution in [2.75, 3.05) is 0 Å². The normalized spacial score (nSPS) is 11.6. The molecule has 0 atom stereocenters. The maximum atomic E-state index is 13.5. The van der Waals surface area contributed by atoms with Crippen LogP contribution >= 0.6 is 0 Å². The highest BCUT2D eigenvalue weighted by Crippen LogP contribution is 2.35. The van der Waals surface area contributed by atoms with Gasteiger partial charge in [0, 0.05) is 17.8 Å². The van der Waals surface area contributed by atoms with Crippen LogP contribution < -0.4 is 0 Å². The van der Waals surface area contributed by atoms with E-state index in [1.165, 1.54) is 17.7 Å². The molecule has 2 heterocycles. The number of imidazole rings is 1. The fraction of sp³-hybridized carbons (Fsp3) is 0.136. The second-order valence-corrected chi connectivity index (χ2v) is 6.67. The lowest BCUT2D eigenvalue weighted by atomic mass is 10.0. The molecular weight excluding hydrogens is 339 g/mol. The quantitative estimate of drug-likeness (QED) is 0.386. The van der Waals surface area contributed by atoms with Crippen molar-refractivity contribution in [2.24, 2.45) is 10.2 Å². The van der Waals surface area contributed by atoms with Gasteiger partial charge < -0.3 is 0 Å². The summed E-state index contributed by atoms with van der Waals surface area (Å²) < 4.78 is 15.4. The van der Waals surface area contributed by atoms with Crippen molar-refractivity contribution < 1.29 is 4.39 Å². The molecule has 27 heavy (non-hydrogen) atoms. The van der Waals surface area contributed by atoms with Crippen LogP contribution in [-0.2, 0) is 0 Å². The van der Waals surface area contributed by atoms with Crippen LogP contribution in [0.2, 0.25) is 0 Å². The maximum absolute atomic E-state index is 13.5. The van der Waals surface area contributed by atoms with Crippen LogP contribution in [0.3, 0.4) is 0 Å². The summed E-state index contributed by atoms with van der Waals surface area (Å²) in [7, 11) is 0. The molecule has 4 rings (SSSR count). The number of halogens is 1. The predicted molar refractivity (Wildman–Crippen MR) is 105 cm³/mol. The van der Waals surface area contributed by atoms with Gasteiger partial charge >= 0.3 is 0 Å². The topological polar surface area (TPSA) is 42.0 Å². The Balaban J connectivity index is 1.93. The van der Waals surface area contributed by atoms with E-state index < -0.39 is 0 Å². The van der Waals surface area contributed by atoms with Gasteiger partial charge in [-0.2, -0.15) is 0 Å². The van der Waals surface area contributed by atoms with E-state index in [2.05, 4.69) is 42.3 Å². The summed E-state index contributed by atoms with van der Waals surface area (Å²) in [6.45, 7) is 6.14. The second-order valence-electron chi connectivity index (χ2n) is 6.67. The van der Waals surface area contributed by atoms with E-state index in [0.29, 0.717) is 11.5 Å². The van der Waals surface area contributed by atoms with Gasteiger partial charge in [0.1, 0.15) is 17.2 Å². The van der Waals surface area contributed by atoms with Crippen LogP contribution in [-0.4, -0.2) is 9.38 Å². The van der Waals surface area contributed by atoms with Gasteiger partial charge in [-0.05, 0) is 50.1 Å². The highest BCUT2D eigenvalue weighted by molar-refractivity contribution is 5.77. The number of hydrogen-bond donors (Lipinski definition) is 0. The fourth-order valence-corrected chi connectivity index (χ4v) is 3.19. The molecule has 2 aromatic carbocycles. The zero-order valence-corrected chi connectivity index (χ0v) is 15.4. The lowest BCUT2D eigenvalue weighted by Crippen LogP contribution is -1.86. The standard InChI is InChI=1S/C22H19FN4/c1-14-9-10-19(16(3)12-14)20-22(26-25-18-8-4-7-17(23)13-18)27-11-5-6-15(2)21(27)24-20/h4-13H,1-3H3. The van der Waals surface area contributed by atoms with Crippen LogP contribution in [0.4, 0.5) is 15.9 Å². The molecule has 0 fully saturated rings. The van der Waals surface area contributed by atoms with Gasteiger partial charge in [0.15, 0.2) is 5.82 Å². The number of hydrogen-bond acceptors (Lipinski definition) is 3. The minimum Gasteiger partial charge on any atom is -0.282 e. The van der Waals surface area contributed by atoms with E-state index in [9.17, 15) is 4.39 Å². The first-order valence-corrected chi connectivity index (χ1v) is 8.75. The number of pyridine rings is 1. The molecule has 0 aliphatic carbocycles. The van der Waals surface area contributed by atoms with Gasteiger partial charge in [0.2, 0.25) is 0 Å². The van der Waals surface area contributed by atoms with Crippen molar-refractivity contribution >= 4 is 17.2 Å². The van der Waals surface area contributed by atoms with Crippen LogP contribution in [0.25, 0.3) is 16.9 Å². The molecule has 0 N–H and O–H groups in total. The fourth-order valence-electron chi connectivity index (χ4n) is 3.19. The molecule has 0 saturated carbocycles. The zero-order chi connectivity index (χ0) is 19.0. The molecule has 5 heteroatoms. The molecule has 2 aromatic heterocycles. The number of benzene rings is 2. The molecular formula is C22H19FN4. The van der Waals surface area contributed by atoms with Crippen molar-refractivity contribution in [1.29, 1.82) is 0 Å². The Hall–Kier alpha value is -3.34. The summed E-state index contributed by atoms with van der Waals surface area (Å²) in [5.74, 6) is 0.292. The van der Waals surface area contributed by atoms with Crippen LogP contribution in [0.1, 0.15) is 16.7 Å². The third-order valence-electron chi connectivity index (χ3n) is 4.53. The van der Waals surface area contributed by atoms with Gasteiger partial charge in [-0.1, -0.05) is 35.9 Å². The third-order valence-corrected chi connectivity index (χ3v) is 4.53. The Morgan fingerprint density at radius 1 is 0.889 bits per heavy atom. The van der Waals surface area contributed by atoms with Crippen LogP contribution in [0.5, 0.6) is 0 Å². The smallest absolute Gasteiger partial charge is 0.187 e. The van der Waals surface area contributed by atoms with E-state index in [1.54, 1.807) is 12.1 Å². The Kier molecular flexibility index (Phi) is 4.28. The van der Waals surface area contributed by atoms with Gasteiger partial charge in [0.25, 0.3) is 0 Å². The van der Waals surface area contributed by atoms with Crippen molar-refractivity contribution in [3.8, 4) is 11.3 Å². The molecule has 0 radical (unpaired) electrons. The van der Waals surface area contributed by atoms with Gasteiger partial charge in [-0.25, -0.2) is 9.37 Å². The molecule has 0 saturated heterocycles. The highest BCUT2D eigenvalue weighted by atomic mass is 19.1. The number of nitrogens with zero attached hydrogens (tertiary/aromatic N) is 4. The summed E-state index contributed by atoms with van der Waals surface area (Å²) in [6, 6.07) is 16.3. The average Bonchev–Trinajstić information content (AvgIpc) is 3.00. The number of rotatable bonds is 3. The predicted octanol–water partition coefficient (Wildman–Crippen LogP) is 6.48. The maximum Gasteiger partial charge on any atom is 0.187 e. The van der Waals surface area contributed by atoms with Crippen molar-refractivity contribution in [1.82, 2.24) is 9.38 Å². The number of aromatic nitrogens is 2. The van der Waals surface area contributed by atoms with Crippen molar-refractivity contribution in [2.45, 2.75) is 20.8 Å². The first-order valence-electron chi connectivity index (χ1n) is 8.75. The van der Waals surface area contributed by atoms with E-state index in [0.717, 1.165) is 28.0 Å². The molecule has 0 aliphatic heterocycles. The van der Waals surface area contributed by atoms with E-state index in [1.807, 2.05) is 29.7 Å². The minimum atomic E-state index is -0.338. The second kappa shape index (κ2) is 6.76. The number of fused-ring (bicyclic) bond motifs is 1. The zero-order valence-electron chi connectivity index (χ0n) is 15.4. The first-order chi connectivity index (χ1) is 13.0. The summed E-state index contributed by atoms with van der Waals surface area (Å²) in [5.41, 5.74) is 6.44. The van der Waals surface area contributed by atoms with Gasteiger partial charge in [0.05, 0.1) is 5.69 Å². The molecule has 134 valence electrons. The summed E-state index contributed by atoms with van der Waals surface area (Å²) in [6.07, 6.45) is 1.92. The van der Waals surface area contributed by atoms with Crippen molar-refractivity contribution in [3.63, 3.8) is 0 Å². The van der Waals surface area contributed by atoms with E-state index >= 15 is 0 Å². The van der Waals surface area contributed by atoms with E-state index in [-0.39, 0.29) is 5.82 Å². The molecule has 0 unspecified atom stereocenters. The largest absolute Gasteiger partial charge is 0.282 e. The summed E-state index contributed by atoms with van der Waals surface area (Å²) in [5, 5.41) is 8.69. The SMILES string of the molecule is Cc1ccc(-c2nc3c(C)cccn3c2N=Nc2cccc(F)c2)c(C)c1. The molecule has 0 spiro atoms. The highest BCUT2D eigenvalue weighted by Gasteiger charge is 2.17. The summed E-state index contributed by atoms with van der Waals surface area (Å²) >= 11 is 0. The Labute approximate surface area is 157 Å². The first kappa shape index (κ1) is 17.1. The van der Waals surface area contributed by atoms with Crippen LogP contribution in [0, 0.1) is 26.6 Å². The molecule has 0 amide bonds. The Bertz CT molecular complexity index is 1170. The minimum absolute atomic E-state index is 0.338. The third kappa shape index (κ3) is 3.24. The summed E-state index contributed by atoms with van der Waals surface area (Å²) in [4.78, 5) is 4.84. The van der Waals surface area contributed by atoms with Gasteiger partial charge in [-0.3, -0.25) is 4.40 Å². The van der Waals surface area contributed by atoms with Crippen LogP contribution in [0.15, 0.2) is 71.0 Å². The molecule has 0 bridgehead atoms. The lowest BCUT2D eigenvalue weighted by molar-refractivity contribution is 0.628. The van der Waals surface area contributed by atoms with Crippen molar-refractivity contribution in [3.05, 3.63) is 83.3 Å². The lowest BCUT2D eigenvalue weighted by Gasteiger charge is -2.05. The molecule has 4 aromatic rings. The Morgan fingerprint density at radius 2 is 1.74 bits per heavy atom. The van der Waals surface area contributed by atoms with E-state index in [4.69, 9.17) is 4.98 Å². The number of azo groups is 1. The Morgan fingerprint density at radius 3 is 2.52 bits per heavy atom. The molecule has 0 aliphatic rings. The van der Waals surface area contributed by atoms with Gasteiger partial charge in [-0.15, -0.1) is 10.2 Å². The molecule has 4 nitrogen and oxygen atoms in total. The number of aryl methyl sites for hydroxylation is 3.